The topological polar surface area (TPSA) is 69.6 Å². The smallest absolute Gasteiger partial charge is 0.317 e. The second kappa shape index (κ2) is 6.67. The second-order valence-electron chi connectivity index (χ2n) is 6.94. The maximum absolute atomic E-state index is 12.3. The summed E-state index contributed by atoms with van der Waals surface area (Å²) in [6.45, 7) is 1.88. The number of nitrogens with zero attached hydrogens (tertiary/aromatic N) is 1. The lowest BCUT2D eigenvalue weighted by Crippen LogP contribution is -2.52. The van der Waals surface area contributed by atoms with Crippen LogP contribution >= 0.6 is 0 Å². The minimum atomic E-state index is -0.862. The van der Waals surface area contributed by atoms with E-state index in [4.69, 9.17) is 5.11 Å². The fourth-order valence-electron chi connectivity index (χ4n) is 4.04. The maximum Gasteiger partial charge on any atom is 0.317 e. The lowest BCUT2D eigenvalue weighted by Gasteiger charge is -2.42. The SMILES string of the molecule is CC(CN(C)C(=O)NC1CCCCC12CCCC2)C(=O)O. The number of carbonyl (C=O) groups excluding carboxylic acids is 1. The van der Waals surface area contributed by atoms with Gasteiger partial charge in [0.25, 0.3) is 0 Å². The van der Waals surface area contributed by atoms with Crippen LogP contribution in [0.4, 0.5) is 4.79 Å². The van der Waals surface area contributed by atoms with Gasteiger partial charge in [0.05, 0.1) is 5.92 Å². The van der Waals surface area contributed by atoms with Crippen LogP contribution in [0.1, 0.15) is 58.3 Å². The first-order chi connectivity index (χ1) is 9.94. The molecule has 0 bridgehead atoms. The van der Waals surface area contributed by atoms with E-state index in [1.807, 2.05) is 0 Å². The van der Waals surface area contributed by atoms with Gasteiger partial charge in [-0.05, 0) is 31.1 Å². The Bertz CT molecular complexity index is 391. The molecule has 0 radical (unpaired) electrons. The average Bonchev–Trinajstić information content (AvgIpc) is 2.90. The number of carbonyl (C=O) groups is 2. The van der Waals surface area contributed by atoms with E-state index in [2.05, 4.69) is 5.32 Å². The number of amides is 2. The number of aliphatic carboxylic acids is 1. The normalized spacial score (nSPS) is 25.5. The highest BCUT2D eigenvalue weighted by Gasteiger charge is 2.43. The lowest BCUT2D eigenvalue weighted by atomic mass is 9.69. The first-order valence-electron chi connectivity index (χ1n) is 8.19. The predicted octanol–water partition coefficient (Wildman–Crippen LogP) is 2.85. The number of rotatable bonds is 4. The number of carboxylic acids is 1. The highest BCUT2D eigenvalue weighted by molar-refractivity contribution is 5.76. The van der Waals surface area contributed by atoms with E-state index in [0.29, 0.717) is 5.41 Å². The monoisotopic (exact) mass is 296 g/mol. The van der Waals surface area contributed by atoms with E-state index in [0.717, 1.165) is 6.42 Å². The van der Waals surface area contributed by atoms with Crippen LogP contribution < -0.4 is 5.32 Å². The van der Waals surface area contributed by atoms with Crippen LogP contribution in [0.3, 0.4) is 0 Å². The van der Waals surface area contributed by atoms with Gasteiger partial charge in [-0.3, -0.25) is 4.79 Å². The summed E-state index contributed by atoms with van der Waals surface area (Å²) in [5.74, 6) is -1.40. The van der Waals surface area contributed by atoms with Crippen molar-refractivity contribution in [3.05, 3.63) is 0 Å². The number of nitrogens with one attached hydrogen (secondary N) is 1. The van der Waals surface area contributed by atoms with Gasteiger partial charge in [-0.2, -0.15) is 0 Å². The quantitative estimate of drug-likeness (QED) is 0.838. The molecule has 2 unspecified atom stereocenters. The maximum atomic E-state index is 12.3. The summed E-state index contributed by atoms with van der Waals surface area (Å²) in [6.07, 6.45) is 9.76. The van der Waals surface area contributed by atoms with Crippen LogP contribution in [0.15, 0.2) is 0 Å². The van der Waals surface area contributed by atoms with Crippen molar-refractivity contribution in [1.29, 1.82) is 0 Å². The molecule has 5 heteroatoms. The zero-order chi connectivity index (χ0) is 15.5. The molecule has 2 saturated carbocycles. The Morgan fingerprint density at radius 3 is 2.38 bits per heavy atom. The minimum absolute atomic E-state index is 0.124. The molecule has 2 aliphatic carbocycles. The van der Waals surface area contributed by atoms with E-state index in [9.17, 15) is 9.59 Å². The molecule has 0 aromatic carbocycles. The van der Waals surface area contributed by atoms with Crippen LogP contribution in [0.25, 0.3) is 0 Å². The summed E-state index contributed by atoms with van der Waals surface area (Å²) >= 11 is 0. The molecule has 120 valence electrons. The van der Waals surface area contributed by atoms with Gasteiger partial charge in [0.1, 0.15) is 0 Å². The van der Waals surface area contributed by atoms with Crippen LogP contribution in [0, 0.1) is 11.3 Å². The zero-order valence-corrected chi connectivity index (χ0v) is 13.2. The molecule has 5 nitrogen and oxygen atoms in total. The Morgan fingerprint density at radius 1 is 1.24 bits per heavy atom. The first kappa shape index (κ1) is 16.1. The Kier molecular flexibility index (Phi) is 5.12. The number of hydrogen-bond acceptors (Lipinski definition) is 2. The van der Waals surface area contributed by atoms with Crippen LogP contribution in [-0.4, -0.2) is 41.6 Å². The Morgan fingerprint density at radius 2 is 1.81 bits per heavy atom. The zero-order valence-electron chi connectivity index (χ0n) is 13.2. The summed E-state index contributed by atoms with van der Waals surface area (Å²) in [4.78, 5) is 24.7. The number of hydrogen-bond donors (Lipinski definition) is 2. The predicted molar refractivity (Wildman–Crippen MR) is 81.1 cm³/mol. The molecular weight excluding hydrogens is 268 g/mol. The van der Waals surface area contributed by atoms with E-state index < -0.39 is 11.9 Å². The molecular formula is C16H28N2O3. The van der Waals surface area contributed by atoms with Crippen molar-refractivity contribution in [2.45, 2.75) is 64.3 Å². The molecule has 1 spiro atoms. The fraction of sp³-hybridized carbons (Fsp3) is 0.875. The minimum Gasteiger partial charge on any atom is -0.481 e. The van der Waals surface area contributed by atoms with Crippen molar-refractivity contribution in [3.8, 4) is 0 Å². The van der Waals surface area contributed by atoms with Gasteiger partial charge in [0.15, 0.2) is 0 Å². The third-order valence-electron chi connectivity index (χ3n) is 5.37. The molecule has 2 aliphatic rings. The largest absolute Gasteiger partial charge is 0.481 e. The third kappa shape index (κ3) is 3.69. The van der Waals surface area contributed by atoms with Gasteiger partial charge in [-0.1, -0.05) is 32.6 Å². The molecule has 0 aliphatic heterocycles. The summed E-state index contributed by atoms with van der Waals surface area (Å²) < 4.78 is 0. The van der Waals surface area contributed by atoms with Crippen molar-refractivity contribution in [2.24, 2.45) is 11.3 Å². The molecule has 2 rings (SSSR count). The Hall–Kier alpha value is -1.26. The molecule has 0 aromatic rings. The summed E-state index contributed by atoms with van der Waals surface area (Å²) in [7, 11) is 1.68. The average molecular weight is 296 g/mol. The van der Waals surface area contributed by atoms with Gasteiger partial charge in [-0.25, -0.2) is 4.79 Å². The molecule has 0 aromatic heterocycles. The molecule has 0 heterocycles. The molecule has 21 heavy (non-hydrogen) atoms. The van der Waals surface area contributed by atoms with Gasteiger partial charge < -0.3 is 15.3 Å². The van der Waals surface area contributed by atoms with E-state index >= 15 is 0 Å². The van der Waals surface area contributed by atoms with Gasteiger partial charge in [0.2, 0.25) is 0 Å². The van der Waals surface area contributed by atoms with Gasteiger partial charge in [-0.15, -0.1) is 0 Å². The lowest BCUT2D eigenvalue weighted by molar-refractivity contribution is -0.141. The molecule has 2 fully saturated rings. The highest BCUT2D eigenvalue weighted by Crippen LogP contribution is 2.49. The first-order valence-corrected chi connectivity index (χ1v) is 8.19. The summed E-state index contributed by atoms with van der Waals surface area (Å²) in [6, 6.07) is 0.144. The molecule has 2 atom stereocenters. The highest BCUT2D eigenvalue weighted by atomic mass is 16.4. The van der Waals surface area contributed by atoms with Gasteiger partial charge in [0, 0.05) is 19.6 Å². The molecule has 2 N–H and O–H groups in total. The second-order valence-corrected chi connectivity index (χ2v) is 6.94. The van der Waals surface area contributed by atoms with Crippen LogP contribution in [0.5, 0.6) is 0 Å². The van der Waals surface area contributed by atoms with Crippen LogP contribution in [-0.2, 0) is 4.79 Å². The van der Waals surface area contributed by atoms with Crippen molar-refractivity contribution >= 4 is 12.0 Å². The van der Waals surface area contributed by atoms with E-state index in [1.54, 1.807) is 14.0 Å². The molecule has 0 saturated heterocycles. The molecule has 2 amide bonds. The fourth-order valence-corrected chi connectivity index (χ4v) is 4.04. The standard InChI is InChI=1S/C16H28N2O3/c1-12(14(19)20)11-18(2)15(21)17-13-7-3-4-8-16(13)9-5-6-10-16/h12-13H,3-11H2,1-2H3,(H,17,21)(H,19,20). The third-order valence-corrected chi connectivity index (χ3v) is 5.37. The summed E-state index contributed by atoms with van der Waals surface area (Å²) in [5, 5.41) is 12.1. The van der Waals surface area contributed by atoms with E-state index in [-0.39, 0.29) is 18.6 Å². The van der Waals surface area contributed by atoms with Crippen molar-refractivity contribution in [1.82, 2.24) is 10.2 Å². The number of carboxylic acid groups (broad SMARTS) is 1. The van der Waals surface area contributed by atoms with Crippen molar-refractivity contribution < 1.29 is 14.7 Å². The summed E-state index contributed by atoms with van der Waals surface area (Å²) in [5.41, 5.74) is 0.313. The van der Waals surface area contributed by atoms with Crippen molar-refractivity contribution in [2.75, 3.05) is 13.6 Å². The van der Waals surface area contributed by atoms with Gasteiger partial charge >= 0.3 is 12.0 Å². The Labute approximate surface area is 127 Å². The number of urea groups is 1. The van der Waals surface area contributed by atoms with Crippen molar-refractivity contribution in [3.63, 3.8) is 0 Å². The van der Waals surface area contributed by atoms with E-state index in [1.165, 1.54) is 49.8 Å². The van der Waals surface area contributed by atoms with Crippen LogP contribution in [0.2, 0.25) is 0 Å². The Balaban J connectivity index is 1.92.